The lowest BCUT2D eigenvalue weighted by molar-refractivity contribution is -0.237. The number of esters is 1. The van der Waals surface area contributed by atoms with Gasteiger partial charge in [0.05, 0.1) is 18.6 Å². The van der Waals surface area contributed by atoms with Crippen LogP contribution in [0.4, 0.5) is 0 Å². The van der Waals surface area contributed by atoms with Crippen molar-refractivity contribution in [1.29, 1.82) is 0 Å². The molecule has 2 fully saturated rings. The molecule has 7 rings (SSSR count). The smallest absolute Gasteiger partial charge is 0.341 e. The number of ether oxygens (including phenoxy) is 1. The summed E-state index contributed by atoms with van der Waals surface area (Å²) in [5.41, 5.74) is 6.59. The fraction of sp³-hybridized carbons (Fsp3) is 0.370. The van der Waals surface area contributed by atoms with Crippen LogP contribution in [0, 0.1) is 13.8 Å². The van der Waals surface area contributed by atoms with E-state index in [0.717, 1.165) is 83.0 Å². The summed E-state index contributed by atoms with van der Waals surface area (Å²) in [7, 11) is 3.21. The summed E-state index contributed by atoms with van der Waals surface area (Å²) in [6, 6.07) is 32.3. The number of likely N-dealkylation sites (N-methyl/N-ethyl adjacent to an activating group) is 2. The van der Waals surface area contributed by atoms with Crippen LogP contribution in [-0.2, 0) is 35.2 Å². The Bertz CT molecular complexity index is 2030. The molecule has 1 heterocycles. The lowest BCUT2D eigenvalue weighted by atomic mass is 9.87. The molecule has 3 aliphatic rings. The maximum atomic E-state index is 12.9. The normalized spacial score (nSPS) is 17.2. The number of amides is 2. The zero-order chi connectivity index (χ0) is 39.2. The summed E-state index contributed by atoms with van der Waals surface area (Å²) in [5, 5.41) is 13.6. The number of aryl methyl sites for hydroxylation is 2. The van der Waals surface area contributed by atoms with Crippen molar-refractivity contribution in [2.45, 2.75) is 89.8 Å². The average Bonchev–Trinajstić information content (AvgIpc) is 3.88. The predicted molar refractivity (Wildman–Crippen MR) is 213 cm³/mol. The Morgan fingerprint density at radius 2 is 1.33 bits per heavy atom. The van der Waals surface area contributed by atoms with E-state index in [2.05, 4.69) is 18.2 Å². The molecule has 1 N–H and O–H groups in total. The lowest BCUT2D eigenvalue weighted by Gasteiger charge is -2.38. The van der Waals surface area contributed by atoms with Crippen LogP contribution in [-0.4, -0.2) is 64.9 Å². The van der Waals surface area contributed by atoms with Gasteiger partial charge in [-0.25, -0.2) is 14.9 Å². The van der Waals surface area contributed by atoms with E-state index in [1.54, 1.807) is 21.0 Å². The van der Waals surface area contributed by atoms with Crippen LogP contribution >= 0.6 is 0 Å². The van der Waals surface area contributed by atoms with Gasteiger partial charge in [-0.05, 0) is 123 Å². The number of hydroxylamine groups is 4. The van der Waals surface area contributed by atoms with Gasteiger partial charge >= 0.3 is 5.97 Å². The quantitative estimate of drug-likeness (QED) is 0.135. The fourth-order valence-electron chi connectivity index (χ4n) is 7.85. The van der Waals surface area contributed by atoms with Crippen molar-refractivity contribution in [2.75, 3.05) is 20.7 Å². The molecule has 9 heteroatoms. The largest absolute Gasteiger partial charge is 0.508 e. The van der Waals surface area contributed by atoms with Crippen molar-refractivity contribution in [3.05, 3.63) is 125 Å². The van der Waals surface area contributed by atoms with Crippen molar-refractivity contribution in [3.8, 4) is 22.3 Å². The minimum atomic E-state index is -1.04. The van der Waals surface area contributed by atoms with Gasteiger partial charge in [0.1, 0.15) is 5.76 Å². The van der Waals surface area contributed by atoms with Crippen LogP contribution in [0.25, 0.3) is 27.8 Å². The fourth-order valence-corrected chi connectivity index (χ4v) is 7.85. The van der Waals surface area contributed by atoms with Crippen molar-refractivity contribution < 1.29 is 33.9 Å². The number of aliphatic hydroxyl groups is 1. The Kier molecular flexibility index (Phi) is 12.2. The molecule has 1 aliphatic heterocycles. The Morgan fingerprint density at radius 3 is 1.91 bits per heavy atom. The molecule has 0 atom stereocenters. The Balaban J connectivity index is 0.000000188. The molecule has 0 bridgehead atoms. The molecule has 9 nitrogen and oxygen atoms in total. The van der Waals surface area contributed by atoms with Gasteiger partial charge in [0.2, 0.25) is 5.91 Å². The van der Waals surface area contributed by atoms with E-state index >= 15 is 0 Å². The summed E-state index contributed by atoms with van der Waals surface area (Å²) in [6.07, 6.45) is 6.58. The number of nitrogens with zero attached hydrogens (tertiary/aromatic N) is 2. The first-order valence-electron chi connectivity index (χ1n) is 19.3. The molecule has 2 saturated carbocycles. The van der Waals surface area contributed by atoms with Gasteiger partial charge in [-0.2, -0.15) is 0 Å². The van der Waals surface area contributed by atoms with E-state index in [9.17, 15) is 19.5 Å². The highest BCUT2D eigenvalue weighted by Gasteiger charge is 2.49. The molecule has 2 amide bonds. The highest BCUT2D eigenvalue weighted by atomic mass is 16.7. The Labute approximate surface area is 324 Å². The van der Waals surface area contributed by atoms with E-state index in [-0.39, 0.29) is 30.0 Å². The highest BCUT2D eigenvalue weighted by Crippen LogP contribution is 2.45. The second-order valence-electron chi connectivity index (χ2n) is 14.8. The number of rotatable bonds is 9. The number of aliphatic hydroxyl groups excluding tert-OH is 1. The molecule has 4 aromatic rings. The number of hydrogen-bond acceptors (Lipinski definition) is 7. The van der Waals surface area contributed by atoms with Crippen molar-refractivity contribution in [1.82, 2.24) is 10.1 Å². The van der Waals surface area contributed by atoms with Crippen LogP contribution in [0.3, 0.4) is 0 Å². The molecular weight excluding hydrogens is 693 g/mol. The van der Waals surface area contributed by atoms with Gasteiger partial charge in [0.25, 0.3) is 5.91 Å². The molecule has 4 aromatic carbocycles. The third-order valence-electron chi connectivity index (χ3n) is 11.0. The molecule has 0 aromatic heterocycles. The zero-order valence-corrected chi connectivity index (χ0v) is 32.6. The summed E-state index contributed by atoms with van der Waals surface area (Å²) in [6.45, 7) is 6.04. The van der Waals surface area contributed by atoms with Crippen LogP contribution < -0.4 is 0 Å². The molecule has 2 aliphatic carbocycles. The monoisotopic (exact) mass is 744 g/mol. The van der Waals surface area contributed by atoms with Gasteiger partial charge in [0, 0.05) is 14.1 Å². The number of carbonyl (C=O) groups excluding carboxylic acids is 3. The number of benzene rings is 4. The topological polar surface area (TPSA) is 106 Å². The maximum Gasteiger partial charge on any atom is 0.341 e. The van der Waals surface area contributed by atoms with Gasteiger partial charge in [-0.15, -0.1) is 0 Å². The maximum absolute atomic E-state index is 12.9. The predicted octanol–water partition coefficient (Wildman–Crippen LogP) is 9.12. The molecule has 0 radical (unpaired) electrons. The first-order chi connectivity index (χ1) is 26.5. The SMILES string of the molecule is CCOC(=O)C1(ON(C)C(=O)Cc2cc(-c3ccccc3)ccc2C)CCCC1.Cc1ccc(-c2ccccc2)cc1C1=C(O)C2(CCCC2)ON(C)C1=O. The van der Waals surface area contributed by atoms with Crippen molar-refractivity contribution in [2.24, 2.45) is 0 Å². The summed E-state index contributed by atoms with van der Waals surface area (Å²) in [4.78, 5) is 49.9. The minimum absolute atomic E-state index is 0.0893. The highest BCUT2D eigenvalue weighted by molar-refractivity contribution is 6.21. The molecule has 1 spiro atoms. The summed E-state index contributed by atoms with van der Waals surface area (Å²) >= 11 is 0. The van der Waals surface area contributed by atoms with E-state index in [1.807, 2.05) is 92.7 Å². The standard InChI is InChI=1S/C24H29NO4.C22H23NO3/c1-4-28-23(27)24(14-8-9-15-24)29-25(3)22(26)17-21-16-20(13-12-18(21)2)19-10-6-5-7-11-19;1-15-10-11-17(16-8-4-3-5-9-16)14-18(15)19-20(24)22(12-6-7-13-22)26-23(2)21(19)25/h5-7,10-13,16H,4,8-9,14-15,17H2,1-3H3;3-5,8-11,14,24H,6-7,12-13H2,1-2H3. The van der Waals surface area contributed by atoms with Crippen molar-refractivity contribution >= 4 is 23.4 Å². The minimum Gasteiger partial charge on any atom is -0.508 e. The summed E-state index contributed by atoms with van der Waals surface area (Å²) in [5.74, 6) is -0.770. The molecule has 0 saturated heterocycles. The average molecular weight is 745 g/mol. The first-order valence-corrected chi connectivity index (χ1v) is 19.3. The van der Waals surface area contributed by atoms with Crippen LogP contribution in [0.2, 0.25) is 0 Å². The van der Waals surface area contributed by atoms with Crippen LogP contribution in [0.5, 0.6) is 0 Å². The third kappa shape index (κ3) is 8.53. The van der Waals surface area contributed by atoms with E-state index in [1.165, 1.54) is 10.1 Å². The third-order valence-corrected chi connectivity index (χ3v) is 11.0. The van der Waals surface area contributed by atoms with E-state index < -0.39 is 11.2 Å². The zero-order valence-electron chi connectivity index (χ0n) is 32.6. The van der Waals surface area contributed by atoms with Crippen LogP contribution in [0.1, 0.15) is 80.5 Å². The van der Waals surface area contributed by atoms with Crippen LogP contribution in [0.15, 0.2) is 103 Å². The molecule has 55 heavy (non-hydrogen) atoms. The van der Waals surface area contributed by atoms with Crippen molar-refractivity contribution in [3.63, 3.8) is 0 Å². The Hall–Kier alpha value is -5.25. The first kappa shape index (κ1) is 39.4. The van der Waals surface area contributed by atoms with E-state index in [0.29, 0.717) is 25.0 Å². The second-order valence-corrected chi connectivity index (χ2v) is 14.8. The number of carbonyl (C=O) groups is 3. The Morgan fingerprint density at radius 1 is 0.782 bits per heavy atom. The van der Waals surface area contributed by atoms with E-state index in [4.69, 9.17) is 14.4 Å². The summed E-state index contributed by atoms with van der Waals surface area (Å²) < 4.78 is 5.21. The van der Waals surface area contributed by atoms with Gasteiger partial charge in [0.15, 0.2) is 11.2 Å². The van der Waals surface area contributed by atoms with Gasteiger partial charge in [-0.1, -0.05) is 91.0 Å². The molecular formula is C46H52N2O7. The second kappa shape index (κ2) is 17.0. The van der Waals surface area contributed by atoms with Gasteiger partial charge < -0.3 is 9.84 Å². The molecule has 288 valence electrons. The number of hydrogen-bond donors (Lipinski definition) is 1. The van der Waals surface area contributed by atoms with Gasteiger partial charge in [-0.3, -0.25) is 19.3 Å². The molecule has 0 unspecified atom stereocenters. The lowest BCUT2D eigenvalue weighted by Crippen LogP contribution is -2.47.